The number of pyridine rings is 1. The van der Waals surface area contributed by atoms with Crippen LogP contribution in [0.15, 0.2) is 18.3 Å². The molecule has 0 bridgehead atoms. The highest BCUT2D eigenvalue weighted by Crippen LogP contribution is 2.33. The number of halogens is 4. The highest BCUT2D eigenvalue weighted by Gasteiger charge is 2.35. The summed E-state index contributed by atoms with van der Waals surface area (Å²) in [5, 5.41) is 3.36. The summed E-state index contributed by atoms with van der Waals surface area (Å²) in [6.07, 6.45) is -2.24. The molecule has 0 radical (unpaired) electrons. The molecule has 7 heteroatoms. The third kappa shape index (κ3) is 3.01. The van der Waals surface area contributed by atoms with Crippen molar-refractivity contribution >= 4 is 18.2 Å². The minimum Gasteiger partial charge on any atom is -0.356 e. The number of hydrogen-bond acceptors (Lipinski definition) is 3. The average Bonchev–Trinajstić information content (AvgIpc) is 2.81. The van der Waals surface area contributed by atoms with Gasteiger partial charge in [0, 0.05) is 19.3 Å². The van der Waals surface area contributed by atoms with Crippen LogP contribution in [0.5, 0.6) is 0 Å². The van der Waals surface area contributed by atoms with Gasteiger partial charge in [-0.25, -0.2) is 4.98 Å². The zero-order chi connectivity index (χ0) is 13.5. The van der Waals surface area contributed by atoms with Crippen LogP contribution in [0.25, 0.3) is 0 Å². The van der Waals surface area contributed by atoms with Crippen molar-refractivity contribution < 1.29 is 13.2 Å². The van der Waals surface area contributed by atoms with E-state index < -0.39 is 11.7 Å². The zero-order valence-electron chi connectivity index (χ0n) is 10.9. The number of alkyl halides is 3. The summed E-state index contributed by atoms with van der Waals surface area (Å²) in [5.74, 6) is 1.89. The van der Waals surface area contributed by atoms with Gasteiger partial charge in [0.05, 0.1) is 5.56 Å². The summed E-state index contributed by atoms with van der Waals surface area (Å²) in [6.45, 7) is 3.83. The first-order chi connectivity index (χ1) is 9.04. The molecule has 2 atom stereocenters. The van der Waals surface area contributed by atoms with Crippen molar-refractivity contribution in [1.29, 1.82) is 0 Å². The second-order valence-electron chi connectivity index (χ2n) is 5.32. The minimum absolute atomic E-state index is 0. The Kier molecular flexibility index (Phi) is 4.44. The van der Waals surface area contributed by atoms with Crippen LogP contribution in [0.3, 0.4) is 0 Å². The van der Waals surface area contributed by atoms with Gasteiger partial charge >= 0.3 is 6.18 Å². The molecule has 0 amide bonds. The maximum Gasteiger partial charge on any atom is 0.417 e. The Labute approximate surface area is 122 Å². The molecule has 0 spiro atoms. The maximum absolute atomic E-state index is 12.5. The molecule has 112 valence electrons. The van der Waals surface area contributed by atoms with Crippen molar-refractivity contribution in [3.63, 3.8) is 0 Å². The first kappa shape index (κ1) is 15.4. The van der Waals surface area contributed by atoms with E-state index in [4.69, 9.17) is 0 Å². The van der Waals surface area contributed by atoms with Crippen molar-refractivity contribution in [3.8, 4) is 0 Å². The summed E-state index contributed by atoms with van der Waals surface area (Å²) in [7, 11) is 0. The van der Waals surface area contributed by atoms with E-state index in [1.807, 2.05) is 0 Å². The molecular weight excluding hydrogens is 291 g/mol. The van der Waals surface area contributed by atoms with E-state index in [1.165, 1.54) is 6.07 Å². The fourth-order valence-electron chi connectivity index (χ4n) is 3.00. The van der Waals surface area contributed by atoms with Gasteiger partial charge in [-0.05, 0) is 43.5 Å². The van der Waals surface area contributed by atoms with Gasteiger partial charge in [-0.1, -0.05) is 0 Å². The van der Waals surface area contributed by atoms with E-state index in [9.17, 15) is 13.2 Å². The average molecular weight is 308 g/mol. The van der Waals surface area contributed by atoms with Crippen molar-refractivity contribution in [2.24, 2.45) is 11.8 Å². The van der Waals surface area contributed by atoms with Gasteiger partial charge in [-0.2, -0.15) is 13.2 Å². The first-order valence-electron chi connectivity index (χ1n) is 6.53. The molecule has 3 rings (SSSR count). The normalized spacial score (nSPS) is 26.1. The molecule has 1 aromatic heterocycles. The number of aromatic nitrogens is 1. The largest absolute Gasteiger partial charge is 0.417 e. The summed E-state index contributed by atoms with van der Waals surface area (Å²) >= 11 is 0. The Balaban J connectivity index is 0.00000147. The van der Waals surface area contributed by atoms with Gasteiger partial charge in [0.25, 0.3) is 0 Å². The lowest BCUT2D eigenvalue weighted by Crippen LogP contribution is -2.35. The monoisotopic (exact) mass is 307 g/mol. The van der Waals surface area contributed by atoms with Crippen LogP contribution in [0, 0.1) is 11.8 Å². The van der Waals surface area contributed by atoms with E-state index >= 15 is 0 Å². The third-order valence-electron chi connectivity index (χ3n) is 4.07. The minimum atomic E-state index is -4.31. The quantitative estimate of drug-likeness (QED) is 0.864. The molecular formula is C13H17ClF3N3. The number of hydrogen-bond donors (Lipinski definition) is 1. The molecule has 1 aromatic rings. The standard InChI is InChI=1S/C13H16F3N3.ClH/c14-13(15,16)11-1-2-12(18-6-11)19-7-9-3-4-17-5-10(9)8-19;/h1-2,6,9-10,17H,3-5,7-8H2;1H/t9-,10+;/m0./s1. The SMILES string of the molecule is Cl.FC(F)(F)c1ccc(N2C[C@H]3CNCC[C@H]3C2)nc1. The number of nitrogens with one attached hydrogen (secondary N) is 1. The molecule has 3 heterocycles. The lowest BCUT2D eigenvalue weighted by atomic mass is 9.90. The van der Waals surface area contributed by atoms with Crippen LogP contribution in [0.1, 0.15) is 12.0 Å². The van der Waals surface area contributed by atoms with E-state index in [-0.39, 0.29) is 12.4 Å². The molecule has 0 saturated carbocycles. The van der Waals surface area contributed by atoms with Crippen molar-refractivity contribution in [1.82, 2.24) is 10.3 Å². The van der Waals surface area contributed by atoms with Crippen LogP contribution >= 0.6 is 12.4 Å². The van der Waals surface area contributed by atoms with E-state index in [0.29, 0.717) is 17.7 Å². The van der Waals surface area contributed by atoms with Crippen LogP contribution < -0.4 is 10.2 Å². The van der Waals surface area contributed by atoms with E-state index in [2.05, 4.69) is 15.2 Å². The van der Waals surface area contributed by atoms with Gasteiger partial charge in [0.2, 0.25) is 0 Å². The second kappa shape index (κ2) is 5.77. The van der Waals surface area contributed by atoms with Crippen molar-refractivity contribution in [3.05, 3.63) is 23.9 Å². The van der Waals surface area contributed by atoms with Gasteiger partial charge in [-0.15, -0.1) is 12.4 Å². The van der Waals surface area contributed by atoms with Crippen molar-refractivity contribution in [2.45, 2.75) is 12.6 Å². The fourth-order valence-corrected chi connectivity index (χ4v) is 3.00. The lowest BCUT2D eigenvalue weighted by Gasteiger charge is -2.23. The molecule has 3 nitrogen and oxygen atoms in total. The second-order valence-corrected chi connectivity index (χ2v) is 5.32. The summed E-state index contributed by atoms with van der Waals surface area (Å²) in [4.78, 5) is 6.07. The molecule has 0 aliphatic carbocycles. The Morgan fingerprint density at radius 3 is 2.55 bits per heavy atom. The fraction of sp³-hybridized carbons (Fsp3) is 0.615. The molecule has 2 saturated heterocycles. The van der Waals surface area contributed by atoms with Crippen molar-refractivity contribution in [2.75, 3.05) is 31.1 Å². The Morgan fingerprint density at radius 1 is 1.20 bits per heavy atom. The Bertz CT molecular complexity index is 435. The third-order valence-corrected chi connectivity index (χ3v) is 4.07. The predicted molar refractivity (Wildman–Crippen MR) is 73.2 cm³/mol. The van der Waals surface area contributed by atoms with Gasteiger partial charge in [-0.3, -0.25) is 0 Å². The van der Waals surface area contributed by atoms with Crippen LogP contribution in [-0.4, -0.2) is 31.2 Å². The van der Waals surface area contributed by atoms with Gasteiger partial charge in [0.1, 0.15) is 5.82 Å². The van der Waals surface area contributed by atoms with Crippen LogP contribution in [-0.2, 0) is 6.18 Å². The molecule has 0 unspecified atom stereocenters. The van der Waals surface area contributed by atoms with Crippen LogP contribution in [0.4, 0.5) is 19.0 Å². The molecule has 2 fully saturated rings. The highest BCUT2D eigenvalue weighted by atomic mass is 35.5. The lowest BCUT2D eigenvalue weighted by molar-refractivity contribution is -0.137. The molecule has 1 N–H and O–H groups in total. The highest BCUT2D eigenvalue weighted by molar-refractivity contribution is 5.85. The first-order valence-corrected chi connectivity index (χ1v) is 6.53. The molecule has 2 aliphatic rings. The zero-order valence-corrected chi connectivity index (χ0v) is 11.7. The number of fused-ring (bicyclic) bond motifs is 1. The Morgan fingerprint density at radius 2 is 1.95 bits per heavy atom. The summed E-state index contributed by atoms with van der Waals surface area (Å²) in [5.41, 5.74) is -0.686. The predicted octanol–water partition coefficient (Wildman–Crippen LogP) is 2.57. The maximum atomic E-state index is 12.5. The molecule has 20 heavy (non-hydrogen) atoms. The number of anilines is 1. The smallest absolute Gasteiger partial charge is 0.356 e. The van der Waals surface area contributed by atoms with E-state index in [0.717, 1.165) is 44.9 Å². The van der Waals surface area contributed by atoms with Crippen LogP contribution in [0.2, 0.25) is 0 Å². The number of piperidine rings is 1. The molecule has 2 aliphatic heterocycles. The summed E-state index contributed by atoms with van der Waals surface area (Å²) in [6, 6.07) is 2.59. The van der Waals surface area contributed by atoms with Gasteiger partial charge in [0.15, 0.2) is 0 Å². The number of nitrogens with zero attached hydrogens (tertiary/aromatic N) is 2. The Hall–Kier alpha value is -1.01. The number of rotatable bonds is 1. The molecule has 0 aromatic carbocycles. The topological polar surface area (TPSA) is 28.2 Å². The van der Waals surface area contributed by atoms with E-state index in [1.54, 1.807) is 0 Å². The van der Waals surface area contributed by atoms with Gasteiger partial charge < -0.3 is 10.2 Å². The summed E-state index contributed by atoms with van der Waals surface area (Å²) < 4.78 is 37.4.